The molecule has 3 aliphatic rings. The average Bonchev–Trinajstić information content (AvgIpc) is 3.25. The summed E-state index contributed by atoms with van der Waals surface area (Å²) in [6.07, 6.45) is 2.06. The van der Waals surface area contributed by atoms with Gasteiger partial charge >= 0.3 is 0 Å². The highest BCUT2D eigenvalue weighted by atomic mass is 35.5. The van der Waals surface area contributed by atoms with Gasteiger partial charge in [-0.2, -0.15) is 0 Å². The van der Waals surface area contributed by atoms with Gasteiger partial charge in [0.1, 0.15) is 12.2 Å². The molecule has 0 saturated carbocycles. The lowest BCUT2D eigenvalue weighted by Crippen LogP contribution is -2.61. The van der Waals surface area contributed by atoms with Crippen molar-refractivity contribution in [1.82, 2.24) is 25.0 Å². The lowest BCUT2D eigenvalue weighted by Gasteiger charge is -2.42. The molecule has 0 aliphatic carbocycles. The number of aromatic nitrogens is 1. The average molecular weight is 498 g/mol. The number of likely N-dealkylation sites (tertiary alicyclic amines) is 1. The standard InChI is InChI=1S/C25H28ClN5O4/c1-16(32)29-9-10-31-19(14-29)15-35-24-20(6-4-8-27-24)23(33)28-18-11-22(25(31)34)30(13-18)12-17-5-2-3-7-21(17)26/h2-8,18-19,22H,9-15H2,1H3,(H,28,33)/t18-,19+,22+/m1/s1. The van der Waals surface area contributed by atoms with E-state index in [9.17, 15) is 14.4 Å². The Hall–Kier alpha value is -3.17. The number of hydrogen-bond acceptors (Lipinski definition) is 6. The second kappa shape index (κ2) is 9.83. The highest BCUT2D eigenvalue weighted by molar-refractivity contribution is 6.31. The highest BCUT2D eigenvalue weighted by Crippen LogP contribution is 2.28. The fourth-order valence-electron chi connectivity index (χ4n) is 5.17. The molecule has 4 heterocycles. The minimum absolute atomic E-state index is 0.0209. The second-order valence-corrected chi connectivity index (χ2v) is 9.67. The van der Waals surface area contributed by atoms with Crippen LogP contribution in [0.4, 0.5) is 0 Å². The number of piperazine rings is 1. The zero-order valence-electron chi connectivity index (χ0n) is 19.5. The minimum Gasteiger partial charge on any atom is -0.475 e. The molecule has 2 aromatic rings. The van der Waals surface area contributed by atoms with E-state index in [1.807, 2.05) is 29.2 Å². The Bertz CT molecular complexity index is 1140. The van der Waals surface area contributed by atoms with Gasteiger partial charge in [-0.15, -0.1) is 0 Å². The van der Waals surface area contributed by atoms with Crippen LogP contribution in [0.25, 0.3) is 0 Å². The SMILES string of the molecule is CC(=O)N1CCN2C(=O)[C@@H]3C[C@H](CN3Cc3ccccc3Cl)NC(=O)c3cccnc3OC[C@@H]2C1. The van der Waals surface area contributed by atoms with Gasteiger partial charge in [-0.25, -0.2) is 4.98 Å². The molecule has 0 radical (unpaired) electrons. The number of rotatable bonds is 2. The summed E-state index contributed by atoms with van der Waals surface area (Å²) in [6.45, 7) is 3.95. The first-order valence-electron chi connectivity index (χ1n) is 11.8. The molecule has 1 N–H and O–H groups in total. The number of carbonyl (C=O) groups excluding carboxylic acids is 3. The summed E-state index contributed by atoms with van der Waals surface area (Å²) in [6, 6.07) is 9.98. The van der Waals surface area contributed by atoms with E-state index in [2.05, 4.69) is 15.2 Å². The van der Waals surface area contributed by atoms with E-state index in [0.29, 0.717) is 49.7 Å². The van der Waals surface area contributed by atoms with Gasteiger partial charge in [0.2, 0.25) is 17.7 Å². The van der Waals surface area contributed by atoms with E-state index in [4.69, 9.17) is 16.3 Å². The summed E-state index contributed by atoms with van der Waals surface area (Å²) >= 11 is 6.42. The molecule has 9 nitrogen and oxygen atoms in total. The number of pyridine rings is 1. The van der Waals surface area contributed by atoms with Gasteiger partial charge in [0.25, 0.3) is 5.91 Å². The second-order valence-electron chi connectivity index (χ2n) is 9.26. The van der Waals surface area contributed by atoms with Gasteiger partial charge in [0.05, 0.1) is 12.1 Å². The third-order valence-electron chi connectivity index (χ3n) is 6.99. The van der Waals surface area contributed by atoms with E-state index < -0.39 is 6.04 Å². The molecule has 0 unspecified atom stereocenters. The Balaban J connectivity index is 1.49. The van der Waals surface area contributed by atoms with Crippen LogP contribution in [0.5, 0.6) is 5.88 Å². The normalized spacial score (nSPS) is 25.0. The van der Waals surface area contributed by atoms with Gasteiger partial charge in [-0.3, -0.25) is 19.3 Å². The summed E-state index contributed by atoms with van der Waals surface area (Å²) in [5.74, 6) is -0.120. The van der Waals surface area contributed by atoms with E-state index in [1.165, 1.54) is 6.92 Å². The van der Waals surface area contributed by atoms with Crippen molar-refractivity contribution < 1.29 is 19.1 Å². The van der Waals surface area contributed by atoms with E-state index >= 15 is 0 Å². The molecule has 10 heteroatoms. The fourth-order valence-corrected chi connectivity index (χ4v) is 5.36. The Labute approximate surface area is 209 Å². The maximum Gasteiger partial charge on any atom is 0.257 e. The van der Waals surface area contributed by atoms with Crippen LogP contribution in [0.2, 0.25) is 5.02 Å². The monoisotopic (exact) mass is 497 g/mol. The molecule has 35 heavy (non-hydrogen) atoms. The summed E-state index contributed by atoms with van der Waals surface area (Å²) in [4.78, 5) is 49.0. The Morgan fingerprint density at radius 3 is 2.80 bits per heavy atom. The van der Waals surface area contributed by atoms with Gasteiger partial charge in [0.15, 0.2) is 0 Å². The maximum absolute atomic E-state index is 13.9. The Morgan fingerprint density at radius 1 is 1.17 bits per heavy atom. The molecule has 1 aromatic carbocycles. The number of hydrogen-bond donors (Lipinski definition) is 1. The quantitative estimate of drug-likeness (QED) is 0.676. The van der Waals surface area contributed by atoms with Crippen molar-refractivity contribution in [2.45, 2.75) is 38.0 Å². The van der Waals surface area contributed by atoms with Crippen molar-refractivity contribution >= 4 is 29.3 Å². The van der Waals surface area contributed by atoms with E-state index in [0.717, 1.165) is 5.56 Å². The number of benzene rings is 1. The zero-order chi connectivity index (χ0) is 24.5. The third-order valence-corrected chi connectivity index (χ3v) is 7.36. The van der Waals surface area contributed by atoms with Crippen LogP contribution >= 0.6 is 11.6 Å². The molecular formula is C25H28ClN5O4. The van der Waals surface area contributed by atoms with E-state index in [-0.39, 0.29) is 42.3 Å². The van der Waals surface area contributed by atoms with Crippen molar-refractivity contribution in [3.8, 4) is 5.88 Å². The van der Waals surface area contributed by atoms with Gasteiger partial charge in [0, 0.05) is 56.9 Å². The summed E-state index contributed by atoms with van der Waals surface area (Å²) in [5, 5.41) is 3.71. The fraction of sp³-hybridized carbons (Fsp3) is 0.440. The molecule has 5 rings (SSSR count). The molecule has 3 aliphatic heterocycles. The van der Waals surface area contributed by atoms with Crippen LogP contribution in [0.15, 0.2) is 42.6 Å². The number of halogens is 1. The van der Waals surface area contributed by atoms with Crippen LogP contribution < -0.4 is 10.1 Å². The van der Waals surface area contributed by atoms with Crippen molar-refractivity contribution in [1.29, 1.82) is 0 Å². The van der Waals surface area contributed by atoms with Gasteiger partial charge < -0.3 is 19.9 Å². The van der Waals surface area contributed by atoms with Crippen LogP contribution in [0.3, 0.4) is 0 Å². The first-order chi connectivity index (χ1) is 16.9. The smallest absolute Gasteiger partial charge is 0.257 e. The Kier molecular flexibility index (Phi) is 6.62. The first kappa shape index (κ1) is 23.6. The molecule has 0 spiro atoms. The predicted molar refractivity (Wildman–Crippen MR) is 129 cm³/mol. The topological polar surface area (TPSA) is 95.1 Å². The lowest BCUT2D eigenvalue weighted by molar-refractivity contribution is -0.146. The third kappa shape index (κ3) is 4.83. The number of ether oxygens (including phenoxy) is 1. The number of nitrogens with one attached hydrogen (secondary N) is 1. The van der Waals surface area contributed by atoms with Crippen LogP contribution in [0.1, 0.15) is 29.3 Å². The first-order valence-corrected chi connectivity index (χ1v) is 12.2. The van der Waals surface area contributed by atoms with Crippen molar-refractivity contribution in [3.63, 3.8) is 0 Å². The zero-order valence-corrected chi connectivity index (χ0v) is 20.3. The number of carbonyl (C=O) groups is 3. The van der Waals surface area contributed by atoms with Crippen molar-refractivity contribution in [2.24, 2.45) is 0 Å². The molecule has 2 saturated heterocycles. The maximum atomic E-state index is 13.9. The number of nitrogens with zero attached hydrogens (tertiary/aromatic N) is 4. The summed E-state index contributed by atoms with van der Waals surface area (Å²) in [5.41, 5.74) is 1.28. The van der Waals surface area contributed by atoms with Crippen molar-refractivity contribution in [2.75, 3.05) is 32.8 Å². The predicted octanol–water partition coefficient (Wildman–Crippen LogP) is 1.56. The summed E-state index contributed by atoms with van der Waals surface area (Å²) < 4.78 is 5.97. The Morgan fingerprint density at radius 2 is 2.00 bits per heavy atom. The summed E-state index contributed by atoms with van der Waals surface area (Å²) in [7, 11) is 0. The molecule has 2 fully saturated rings. The van der Waals surface area contributed by atoms with Gasteiger partial charge in [-0.05, 0) is 30.2 Å². The van der Waals surface area contributed by atoms with Gasteiger partial charge in [-0.1, -0.05) is 29.8 Å². The molecule has 2 bridgehead atoms. The molecule has 3 amide bonds. The molecule has 184 valence electrons. The molecule has 1 aromatic heterocycles. The van der Waals surface area contributed by atoms with E-state index in [1.54, 1.807) is 23.2 Å². The number of fused-ring (bicyclic) bond motifs is 4. The van der Waals surface area contributed by atoms with Crippen molar-refractivity contribution in [3.05, 3.63) is 58.7 Å². The molecule has 3 atom stereocenters. The molecular weight excluding hydrogens is 470 g/mol. The lowest BCUT2D eigenvalue weighted by atomic mass is 10.1. The highest BCUT2D eigenvalue weighted by Gasteiger charge is 2.43. The largest absolute Gasteiger partial charge is 0.475 e. The van der Waals surface area contributed by atoms with Crippen LogP contribution in [-0.4, -0.2) is 88.3 Å². The van der Waals surface area contributed by atoms with Crippen LogP contribution in [-0.2, 0) is 16.1 Å². The number of amides is 3. The minimum atomic E-state index is -0.421. The van der Waals surface area contributed by atoms with Crippen LogP contribution in [0, 0.1) is 0 Å².